The van der Waals surface area contributed by atoms with Crippen molar-refractivity contribution in [2.45, 2.75) is 83.6 Å². The number of fused-ring (bicyclic) bond motifs is 1. The van der Waals surface area contributed by atoms with E-state index in [0.29, 0.717) is 13.0 Å². The monoisotopic (exact) mass is 428 g/mol. The quantitative estimate of drug-likeness (QED) is 0.707. The van der Waals surface area contributed by atoms with E-state index in [-0.39, 0.29) is 24.1 Å². The largest absolute Gasteiger partial charge is 0.444 e. The van der Waals surface area contributed by atoms with Crippen molar-refractivity contribution in [3.8, 4) is 0 Å². The van der Waals surface area contributed by atoms with Crippen LogP contribution in [-0.4, -0.2) is 52.3 Å². The van der Waals surface area contributed by atoms with E-state index in [1.165, 1.54) is 6.08 Å². The highest BCUT2D eigenvalue weighted by Crippen LogP contribution is 2.48. The molecule has 1 aromatic carbocycles. The summed E-state index contributed by atoms with van der Waals surface area (Å²) in [6.07, 6.45) is 6.59. The summed E-state index contributed by atoms with van der Waals surface area (Å²) in [6, 6.07) is 9.32. The van der Waals surface area contributed by atoms with Crippen molar-refractivity contribution < 1.29 is 19.4 Å². The van der Waals surface area contributed by atoms with Gasteiger partial charge in [0.15, 0.2) is 0 Å². The molecule has 6 nitrogen and oxygen atoms in total. The molecule has 0 aromatic heterocycles. The molecule has 31 heavy (non-hydrogen) atoms. The fourth-order valence-electron chi connectivity index (χ4n) is 4.92. The van der Waals surface area contributed by atoms with Gasteiger partial charge in [-0.2, -0.15) is 0 Å². The number of nitrogens with zero attached hydrogens (tertiary/aromatic N) is 1. The Labute approximate surface area is 185 Å². The minimum absolute atomic E-state index is 0.0957. The van der Waals surface area contributed by atoms with Crippen LogP contribution in [0.5, 0.6) is 0 Å². The van der Waals surface area contributed by atoms with Crippen LogP contribution in [0.2, 0.25) is 0 Å². The summed E-state index contributed by atoms with van der Waals surface area (Å²) in [5.74, 6) is -0.203. The van der Waals surface area contributed by atoms with Gasteiger partial charge in [-0.05, 0) is 51.7 Å². The highest BCUT2D eigenvalue weighted by atomic mass is 16.6. The van der Waals surface area contributed by atoms with Gasteiger partial charge in [0.1, 0.15) is 5.60 Å². The summed E-state index contributed by atoms with van der Waals surface area (Å²) in [4.78, 5) is 27.3. The number of carbonyl (C=O) groups excluding carboxylic acids is 2. The third-order valence-corrected chi connectivity index (χ3v) is 6.48. The third kappa shape index (κ3) is 5.67. The van der Waals surface area contributed by atoms with Gasteiger partial charge in [-0.25, -0.2) is 4.79 Å². The molecule has 1 aliphatic heterocycles. The van der Waals surface area contributed by atoms with Gasteiger partial charge < -0.3 is 15.2 Å². The maximum Gasteiger partial charge on any atom is 0.410 e. The van der Waals surface area contributed by atoms with Gasteiger partial charge in [-0.1, -0.05) is 50.1 Å². The lowest BCUT2D eigenvalue weighted by Crippen LogP contribution is -2.50. The number of rotatable bonds is 4. The normalized spacial score (nSPS) is 28.8. The maximum absolute atomic E-state index is 13.1. The molecule has 0 bridgehead atoms. The third-order valence-electron chi connectivity index (χ3n) is 6.48. The average Bonchev–Trinajstić information content (AvgIpc) is 2.92. The van der Waals surface area contributed by atoms with Crippen LogP contribution in [0.4, 0.5) is 4.79 Å². The van der Waals surface area contributed by atoms with Gasteiger partial charge in [-0.15, -0.1) is 0 Å². The molecule has 1 saturated heterocycles. The Kier molecular flexibility index (Phi) is 7.10. The van der Waals surface area contributed by atoms with E-state index >= 15 is 0 Å². The predicted octanol–water partition coefficient (Wildman–Crippen LogP) is 4.14. The highest BCUT2D eigenvalue weighted by Gasteiger charge is 2.55. The first-order valence-electron chi connectivity index (χ1n) is 11.3. The van der Waals surface area contributed by atoms with E-state index in [1.807, 2.05) is 51.1 Å². The number of amides is 2. The van der Waals surface area contributed by atoms with Crippen LogP contribution in [0, 0.1) is 5.41 Å². The molecule has 1 heterocycles. The molecule has 0 unspecified atom stereocenters. The zero-order chi connectivity index (χ0) is 22.6. The first-order chi connectivity index (χ1) is 14.6. The molecule has 0 radical (unpaired) electrons. The van der Waals surface area contributed by atoms with Crippen molar-refractivity contribution in [2.24, 2.45) is 5.41 Å². The van der Waals surface area contributed by atoms with Crippen molar-refractivity contribution in [1.29, 1.82) is 0 Å². The fraction of sp³-hybridized carbons (Fsp3) is 0.600. The fourth-order valence-corrected chi connectivity index (χ4v) is 4.92. The number of aliphatic hydroxyl groups is 1. The van der Waals surface area contributed by atoms with Crippen LogP contribution < -0.4 is 5.32 Å². The van der Waals surface area contributed by atoms with Crippen molar-refractivity contribution >= 4 is 18.1 Å². The topological polar surface area (TPSA) is 78.9 Å². The van der Waals surface area contributed by atoms with Crippen LogP contribution in [0.3, 0.4) is 0 Å². The van der Waals surface area contributed by atoms with Gasteiger partial charge in [0.05, 0.1) is 12.1 Å². The highest BCUT2D eigenvalue weighted by molar-refractivity contribution is 5.91. The number of hydrogen-bond acceptors (Lipinski definition) is 4. The van der Waals surface area contributed by atoms with Gasteiger partial charge in [0.25, 0.3) is 0 Å². The Morgan fingerprint density at radius 1 is 1.23 bits per heavy atom. The molecule has 1 saturated carbocycles. The molecule has 2 fully saturated rings. The van der Waals surface area contributed by atoms with E-state index in [4.69, 9.17) is 4.74 Å². The number of benzene rings is 1. The number of likely N-dealkylation sites (tertiary alicyclic amines) is 1. The summed E-state index contributed by atoms with van der Waals surface area (Å²) in [7, 11) is 0. The smallest absolute Gasteiger partial charge is 0.410 e. The average molecular weight is 429 g/mol. The SMILES string of the molecule is CC(C)(C)OC(=O)N1[C@@H](CNC(=O)C=Cc2ccccc2)C[C@@]2(C)[C@@H](O)CCCC[C@@H]12. The molecule has 6 heteroatoms. The molecule has 0 spiro atoms. The Morgan fingerprint density at radius 2 is 1.90 bits per heavy atom. The molecule has 170 valence electrons. The van der Waals surface area contributed by atoms with Gasteiger partial charge >= 0.3 is 6.09 Å². The number of nitrogens with one attached hydrogen (secondary N) is 1. The summed E-state index contributed by atoms with van der Waals surface area (Å²) in [5.41, 5.74) is -0.0549. The molecule has 4 atom stereocenters. The minimum atomic E-state index is -0.606. The Balaban J connectivity index is 1.74. The lowest BCUT2D eigenvalue weighted by atomic mass is 9.75. The van der Waals surface area contributed by atoms with E-state index in [2.05, 4.69) is 12.2 Å². The Morgan fingerprint density at radius 3 is 2.58 bits per heavy atom. The summed E-state index contributed by atoms with van der Waals surface area (Å²) in [5, 5.41) is 13.8. The number of aliphatic hydroxyl groups excluding tert-OH is 1. The standard InChI is InChI=1S/C25H36N2O4/c1-24(2,3)31-23(30)27-19(16-25(4)20(27)12-8-9-13-21(25)28)17-26-22(29)15-14-18-10-6-5-7-11-18/h5-7,10-11,14-15,19-21,28H,8-9,12-13,16-17H2,1-4H3,(H,26,29)/t19-,20-,21+,25-/m1/s1. The van der Waals surface area contributed by atoms with E-state index in [0.717, 1.165) is 31.2 Å². The lowest BCUT2D eigenvalue weighted by molar-refractivity contribution is -0.116. The summed E-state index contributed by atoms with van der Waals surface area (Å²) >= 11 is 0. The zero-order valence-electron chi connectivity index (χ0n) is 19.1. The van der Waals surface area contributed by atoms with Crippen LogP contribution in [-0.2, 0) is 9.53 Å². The van der Waals surface area contributed by atoms with Crippen molar-refractivity contribution in [3.63, 3.8) is 0 Å². The molecule has 2 amide bonds. The maximum atomic E-state index is 13.1. The summed E-state index contributed by atoms with van der Waals surface area (Å²) in [6.45, 7) is 7.96. The minimum Gasteiger partial charge on any atom is -0.444 e. The lowest BCUT2D eigenvalue weighted by Gasteiger charge is -2.37. The first kappa shape index (κ1) is 23.3. The van der Waals surface area contributed by atoms with Crippen molar-refractivity contribution in [2.75, 3.05) is 6.54 Å². The number of ether oxygens (including phenoxy) is 1. The van der Waals surface area contributed by atoms with E-state index < -0.39 is 17.1 Å². The molecule has 2 aliphatic rings. The zero-order valence-corrected chi connectivity index (χ0v) is 19.1. The molecule has 1 aliphatic carbocycles. The molecular weight excluding hydrogens is 392 g/mol. The van der Waals surface area contributed by atoms with Crippen LogP contribution in [0.15, 0.2) is 36.4 Å². The van der Waals surface area contributed by atoms with E-state index in [1.54, 1.807) is 11.0 Å². The molecule has 2 N–H and O–H groups in total. The molecule has 3 rings (SSSR count). The van der Waals surface area contributed by atoms with Gasteiger partial charge in [0, 0.05) is 24.1 Å². The second-order valence-corrected chi connectivity index (χ2v) is 10.1. The summed E-state index contributed by atoms with van der Waals surface area (Å²) < 4.78 is 5.71. The second kappa shape index (κ2) is 9.43. The van der Waals surface area contributed by atoms with Crippen molar-refractivity contribution in [3.05, 3.63) is 42.0 Å². The number of hydrogen-bond donors (Lipinski definition) is 2. The van der Waals surface area contributed by atoms with E-state index in [9.17, 15) is 14.7 Å². The number of carbonyl (C=O) groups is 2. The second-order valence-electron chi connectivity index (χ2n) is 10.1. The van der Waals surface area contributed by atoms with Crippen LogP contribution in [0.25, 0.3) is 6.08 Å². The Bertz CT molecular complexity index is 801. The molecule has 1 aromatic rings. The van der Waals surface area contributed by atoms with Crippen LogP contribution in [0.1, 0.15) is 65.4 Å². The van der Waals surface area contributed by atoms with Gasteiger partial charge in [-0.3, -0.25) is 9.69 Å². The predicted molar refractivity (Wildman–Crippen MR) is 121 cm³/mol. The van der Waals surface area contributed by atoms with Crippen molar-refractivity contribution in [1.82, 2.24) is 10.2 Å². The van der Waals surface area contributed by atoms with Gasteiger partial charge in [0.2, 0.25) is 5.91 Å². The Hall–Kier alpha value is -2.34. The van der Waals surface area contributed by atoms with Crippen LogP contribution >= 0.6 is 0 Å². The molecular formula is C25H36N2O4. The first-order valence-corrected chi connectivity index (χ1v) is 11.3.